The minimum absolute atomic E-state index is 0.00729. The predicted octanol–water partition coefficient (Wildman–Crippen LogP) is 2.25. The third-order valence-corrected chi connectivity index (χ3v) is 7.98. The summed E-state index contributed by atoms with van der Waals surface area (Å²) in [6.07, 6.45) is 2.88. The molecule has 0 saturated carbocycles. The van der Waals surface area contributed by atoms with Crippen LogP contribution in [0.4, 0.5) is 11.6 Å². The fourth-order valence-electron chi connectivity index (χ4n) is 5.73. The van der Waals surface area contributed by atoms with Crippen molar-refractivity contribution in [1.82, 2.24) is 24.8 Å². The van der Waals surface area contributed by atoms with Crippen molar-refractivity contribution in [3.05, 3.63) is 47.2 Å². The Balaban J connectivity index is 1.43. The number of hydrogen-bond acceptors (Lipinski definition) is 8. The fraction of sp³-hybridized carbons (Fsp3) is 0.536. The van der Waals surface area contributed by atoms with Gasteiger partial charge in [-0.15, -0.1) is 0 Å². The summed E-state index contributed by atoms with van der Waals surface area (Å²) in [5.74, 6) is 2.78. The Hall–Kier alpha value is -3.37. The van der Waals surface area contributed by atoms with Gasteiger partial charge in [-0.2, -0.15) is 9.61 Å². The van der Waals surface area contributed by atoms with Gasteiger partial charge in [0.1, 0.15) is 24.0 Å². The second kappa shape index (κ2) is 10.4. The Morgan fingerprint density at radius 2 is 2.00 bits per heavy atom. The van der Waals surface area contributed by atoms with Gasteiger partial charge in [0.15, 0.2) is 5.65 Å². The maximum atomic E-state index is 14.0. The van der Waals surface area contributed by atoms with Gasteiger partial charge in [-0.25, -0.2) is 4.98 Å². The zero-order valence-corrected chi connectivity index (χ0v) is 22.3. The van der Waals surface area contributed by atoms with E-state index in [1.165, 1.54) is 0 Å². The highest BCUT2D eigenvalue weighted by atomic mass is 16.5. The Kier molecular flexibility index (Phi) is 6.84. The minimum atomic E-state index is -0.120. The lowest BCUT2D eigenvalue weighted by Gasteiger charge is -2.39. The number of hydrogen-bond donors (Lipinski definition) is 2. The highest BCUT2D eigenvalue weighted by Gasteiger charge is 2.33. The summed E-state index contributed by atoms with van der Waals surface area (Å²) in [6.45, 7) is 7.23. The first-order valence-electron chi connectivity index (χ1n) is 13.7. The first kappa shape index (κ1) is 24.9. The zero-order chi connectivity index (χ0) is 26.2. The largest absolute Gasteiger partial charge is 0.491 e. The molecule has 6 rings (SSSR count). The lowest BCUT2D eigenvalue weighted by Crippen LogP contribution is -2.49. The Morgan fingerprint density at radius 3 is 2.84 bits per heavy atom. The van der Waals surface area contributed by atoms with Gasteiger partial charge in [-0.1, -0.05) is 11.6 Å². The number of aromatic nitrogens is 3. The van der Waals surface area contributed by atoms with E-state index >= 15 is 0 Å². The van der Waals surface area contributed by atoms with Crippen molar-refractivity contribution in [2.24, 2.45) is 5.92 Å². The molecule has 2 bridgehead atoms. The Bertz CT molecular complexity index is 1320. The lowest BCUT2D eigenvalue weighted by atomic mass is 9.97. The SMILES string of the molecule is Cc1ccc2c(c1)C(=O)N1CCCCC1c1cc3nc(N4CC(CO)C4)cc(n3n1)N(C)CCNCCO2. The van der Waals surface area contributed by atoms with E-state index in [2.05, 4.69) is 28.2 Å². The molecule has 5 heterocycles. The summed E-state index contributed by atoms with van der Waals surface area (Å²) in [4.78, 5) is 25.3. The highest BCUT2D eigenvalue weighted by Crippen LogP contribution is 2.35. The van der Waals surface area contributed by atoms with E-state index in [9.17, 15) is 9.90 Å². The van der Waals surface area contributed by atoms with Crippen LogP contribution in [0.1, 0.15) is 46.9 Å². The highest BCUT2D eigenvalue weighted by molar-refractivity contribution is 5.97. The summed E-state index contributed by atoms with van der Waals surface area (Å²) in [6, 6.07) is 9.87. The van der Waals surface area contributed by atoms with Crippen molar-refractivity contribution >= 4 is 23.2 Å². The molecule has 10 nitrogen and oxygen atoms in total. The molecule has 1 aromatic carbocycles. The number of benzene rings is 1. The average molecular weight is 520 g/mol. The molecule has 2 saturated heterocycles. The molecule has 2 fully saturated rings. The van der Waals surface area contributed by atoms with Crippen molar-refractivity contribution in [2.45, 2.75) is 32.2 Å². The van der Waals surface area contributed by atoms with E-state index in [-0.39, 0.29) is 18.6 Å². The van der Waals surface area contributed by atoms with Crippen LogP contribution in [0.25, 0.3) is 5.65 Å². The van der Waals surface area contributed by atoms with Crippen LogP contribution in [0, 0.1) is 12.8 Å². The topological polar surface area (TPSA) is 98.5 Å². The molecular weight excluding hydrogens is 482 g/mol. The third-order valence-electron chi connectivity index (χ3n) is 7.98. The fourth-order valence-corrected chi connectivity index (χ4v) is 5.73. The standard InChI is InChI=1S/C28H37N7O3/c1-19-6-7-24-21(13-19)28(37)34-10-4-3-5-23(34)22-14-26-30-25(33-16-20(17-33)18-36)15-27(35(26)31-22)32(2)11-8-29-9-12-38-24/h6-7,13-15,20,23,29,36H,3-5,8-12,16-18H2,1-2H3. The first-order valence-corrected chi connectivity index (χ1v) is 13.7. The summed E-state index contributed by atoms with van der Waals surface area (Å²) in [5.41, 5.74) is 3.30. The van der Waals surface area contributed by atoms with E-state index in [0.29, 0.717) is 36.9 Å². The van der Waals surface area contributed by atoms with Gasteiger partial charge >= 0.3 is 0 Å². The van der Waals surface area contributed by atoms with Gasteiger partial charge in [-0.3, -0.25) is 4.79 Å². The van der Waals surface area contributed by atoms with Crippen LogP contribution >= 0.6 is 0 Å². The van der Waals surface area contributed by atoms with Gasteiger partial charge in [0.2, 0.25) is 0 Å². The number of carbonyl (C=O) groups excluding carboxylic acids is 1. The summed E-state index contributed by atoms with van der Waals surface area (Å²) in [7, 11) is 2.07. The number of aliphatic hydroxyl groups is 1. The number of nitrogens with zero attached hydrogens (tertiary/aromatic N) is 6. The molecule has 202 valence electrons. The van der Waals surface area contributed by atoms with Crippen molar-refractivity contribution in [2.75, 3.05) is 69.3 Å². The normalized spacial score (nSPS) is 21.3. The molecule has 2 N–H and O–H groups in total. The van der Waals surface area contributed by atoms with Crippen LogP contribution in [0.3, 0.4) is 0 Å². The Labute approximate surface area is 223 Å². The van der Waals surface area contributed by atoms with Gasteiger partial charge < -0.3 is 29.9 Å². The third kappa shape index (κ3) is 4.67. The molecule has 38 heavy (non-hydrogen) atoms. The summed E-state index contributed by atoms with van der Waals surface area (Å²) >= 11 is 0. The molecule has 1 unspecified atom stereocenters. The van der Waals surface area contributed by atoms with Crippen molar-refractivity contribution in [3.8, 4) is 5.75 Å². The summed E-state index contributed by atoms with van der Waals surface area (Å²) < 4.78 is 8.02. The van der Waals surface area contributed by atoms with E-state index in [1.54, 1.807) is 0 Å². The number of ether oxygens (including phenoxy) is 1. The van der Waals surface area contributed by atoms with Crippen LogP contribution in [0.5, 0.6) is 5.75 Å². The van der Waals surface area contributed by atoms with Gasteiger partial charge in [0.05, 0.1) is 17.3 Å². The molecule has 10 heteroatoms. The molecule has 0 spiro atoms. The molecule has 3 aliphatic heterocycles. The second-order valence-corrected chi connectivity index (χ2v) is 10.8. The van der Waals surface area contributed by atoms with E-state index in [1.807, 2.05) is 40.6 Å². The number of likely N-dealkylation sites (N-methyl/N-ethyl adjacent to an activating group) is 1. The van der Waals surface area contributed by atoms with Crippen molar-refractivity contribution in [1.29, 1.82) is 0 Å². The number of nitrogens with one attached hydrogen (secondary N) is 1. The van der Waals surface area contributed by atoms with Gasteiger partial charge in [0, 0.05) is 71.0 Å². The van der Waals surface area contributed by atoms with Gasteiger partial charge in [-0.05, 0) is 38.3 Å². The van der Waals surface area contributed by atoms with Crippen molar-refractivity contribution in [3.63, 3.8) is 0 Å². The maximum Gasteiger partial charge on any atom is 0.258 e. The molecule has 0 aliphatic carbocycles. The molecule has 1 amide bonds. The number of piperidine rings is 1. The molecule has 0 radical (unpaired) electrons. The van der Waals surface area contributed by atoms with E-state index in [0.717, 1.165) is 74.0 Å². The van der Waals surface area contributed by atoms with E-state index in [4.69, 9.17) is 14.8 Å². The van der Waals surface area contributed by atoms with Crippen LogP contribution in [-0.2, 0) is 0 Å². The lowest BCUT2D eigenvalue weighted by molar-refractivity contribution is 0.0601. The molecule has 3 aliphatic rings. The number of anilines is 2. The smallest absolute Gasteiger partial charge is 0.258 e. The second-order valence-electron chi connectivity index (χ2n) is 10.8. The molecule has 3 aromatic rings. The van der Waals surface area contributed by atoms with Crippen LogP contribution in [0.2, 0.25) is 0 Å². The van der Waals surface area contributed by atoms with Gasteiger partial charge in [0.25, 0.3) is 5.91 Å². The molecule has 1 atom stereocenters. The number of fused-ring (bicyclic) bond motifs is 4. The number of amides is 1. The average Bonchev–Trinajstić information content (AvgIpc) is 3.33. The number of aliphatic hydroxyl groups excluding tert-OH is 1. The monoisotopic (exact) mass is 519 g/mol. The zero-order valence-electron chi connectivity index (χ0n) is 22.3. The number of rotatable bonds is 2. The van der Waals surface area contributed by atoms with Crippen LogP contribution < -0.4 is 19.9 Å². The predicted molar refractivity (Wildman–Crippen MR) is 146 cm³/mol. The van der Waals surface area contributed by atoms with E-state index < -0.39 is 0 Å². The van der Waals surface area contributed by atoms with Crippen LogP contribution in [-0.4, -0.2) is 90.0 Å². The molecular formula is C28H37N7O3. The quantitative estimate of drug-likeness (QED) is 0.532. The van der Waals surface area contributed by atoms with Crippen molar-refractivity contribution < 1.29 is 14.6 Å². The summed E-state index contributed by atoms with van der Waals surface area (Å²) in [5, 5.41) is 18.0. The number of aryl methyl sites for hydroxylation is 1. The van der Waals surface area contributed by atoms with Crippen LogP contribution in [0.15, 0.2) is 30.3 Å². The first-order chi connectivity index (χ1) is 18.5. The maximum absolute atomic E-state index is 14.0. The molecule has 2 aromatic heterocycles. The number of carbonyl (C=O) groups is 1. The Morgan fingerprint density at radius 1 is 1.13 bits per heavy atom. The minimum Gasteiger partial charge on any atom is -0.491 e.